The maximum absolute atomic E-state index is 11.7. The van der Waals surface area contributed by atoms with E-state index >= 15 is 0 Å². The van der Waals surface area contributed by atoms with E-state index < -0.39 is 0 Å². The molecule has 1 saturated carbocycles. The maximum Gasteiger partial charge on any atom is 0.316 e. The Labute approximate surface area is 211 Å². The van der Waals surface area contributed by atoms with Crippen LogP contribution in [0.5, 0.6) is 6.01 Å². The van der Waals surface area contributed by atoms with Crippen LogP contribution in [0.1, 0.15) is 62.0 Å². The molecular weight excluding hydrogens is 458 g/mol. The van der Waals surface area contributed by atoms with Crippen molar-refractivity contribution >= 4 is 11.7 Å². The molecule has 4 heterocycles. The molecule has 0 bridgehead atoms. The molecule has 1 saturated heterocycles. The fourth-order valence-electron chi connectivity index (χ4n) is 4.94. The van der Waals surface area contributed by atoms with Gasteiger partial charge in [-0.15, -0.1) is 5.10 Å². The number of aromatic nitrogens is 6. The predicted molar refractivity (Wildman–Crippen MR) is 134 cm³/mol. The van der Waals surface area contributed by atoms with Crippen LogP contribution in [0.25, 0.3) is 11.4 Å². The van der Waals surface area contributed by atoms with Gasteiger partial charge in [0.15, 0.2) is 0 Å². The largest absolute Gasteiger partial charge is 0.469 e. The molecule has 1 aliphatic carbocycles. The molecule has 0 unspecified atom stereocenters. The first kappa shape index (κ1) is 24.1. The van der Waals surface area contributed by atoms with Gasteiger partial charge in [-0.25, -0.2) is 14.6 Å². The zero-order chi connectivity index (χ0) is 25.1. The van der Waals surface area contributed by atoms with Crippen LogP contribution in [-0.2, 0) is 29.6 Å². The third kappa shape index (κ3) is 5.03. The molecule has 190 valence electrons. The minimum absolute atomic E-state index is 0.149. The number of methoxy groups -OCH3 is 1. The molecule has 0 aromatic carbocycles. The molecule has 1 atom stereocenters. The quantitative estimate of drug-likeness (QED) is 0.416. The molecule has 3 aromatic heterocycles. The molecule has 0 N–H and O–H groups in total. The highest BCUT2D eigenvalue weighted by Crippen LogP contribution is 2.35. The Hall–Kier alpha value is -3.56. The number of nitrogens with zero attached hydrogens (tertiary/aromatic N) is 7. The molecule has 3 aromatic rings. The van der Waals surface area contributed by atoms with E-state index in [1.165, 1.54) is 26.4 Å². The molecule has 0 radical (unpaired) electrons. The van der Waals surface area contributed by atoms with Crippen molar-refractivity contribution in [3.05, 3.63) is 41.5 Å². The third-order valence-corrected chi connectivity index (χ3v) is 7.30. The molecule has 1 aliphatic heterocycles. The Bertz CT molecular complexity index is 1220. The van der Waals surface area contributed by atoms with Crippen LogP contribution < -0.4 is 9.64 Å². The van der Waals surface area contributed by atoms with Gasteiger partial charge in [0.1, 0.15) is 18.0 Å². The van der Waals surface area contributed by atoms with Crippen LogP contribution in [-0.4, -0.2) is 56.1 Å². The Balaban J connectivity index is 1.31. The van der Waals surface area contributed by atoms with E-state index in [2.05, 4.69) is 38.2 Å². The van der Waals surface area contributed by atoms with Gasteiger partial charge in [0.2, 0.25) is 0 Å². The fourth-order valence-corrected chi connectivity index (χ4v) is 4.94. The number of pyridine rings is 1. The van der Waals surface area contributed by atoms with E-state index in [1.54, 1.807) is 10.9 Å². The minimum Gasteiger partial charge on any atom is -0.469 e. The van der Waals surface area contributed by atoms with Gasteiger partial charge in [-0.2, -0.15) is 4.98 Å². The molecule has 5 rings (SSSR count). The summed E-state index contributed by atoms with van der Waals surface area (Å²) in [5.74, 6) is 0.671. The van der Waals surface area contributed by atoms with E-state index in [-0.39, 0.29) is 12.6 Å². The van der Waals surface area contributed by atoms with Crippen LogP contribution in [0.3, 0.4) is 0 Å². The lowest BCUT2D eigenvalue weighted by molar-refractivity contribution is -0.141. The second-order valence-corrected chi connectivity index (χ2v) is 9.59. The van der Waals surface area contributed by atoms with Gasteiger partial charge in [0.25, 0.3) is 0 Å². The van der Waals surface area contributed by atoms with E-state index in [1.807, 2.05) is 19.2 Å². The lowest BCUT2D eigenvalue weighted by Crippen LogP contribution is -2.22. The summed E-state index contributed by atoms with van der Waals surface area (Å²) in [6.07, 6.45) is 7.59. The highest BCUT2D eigenvalue weighted by Gasteiger charge is 2.27. The lowest BCUT2D eigenvalue weighted by Gasteiger charge is -2.24. The number of hydrogen-bond donors (Lipinski definition) is 0. The van der Waals surface area contributed by atoms with Crippen molar-refractivity contribution in [1.82, 2.24) is 29.9 Å². The van der Waals surface area contributed by atoms with Crippen molar-refractivity contribution in [3.8, 4) is 17.4 Å². The normalized spacial score (nSPS) is 17.8. The maximum atomic E-state index is 11.7. The number of hydrogen-bond acceptors (Lipinski definition) is 9. The number of rotatable bonds is 9. The summed E-state index contributed by atoms with van der Waals surface area (Å²) < 4.78 is 12.5. The summed E-state index contributed by atoms with van der Waals surface area (Å²) in [5, 5.41) is 8.61. The first-order valence-electron chi connectivity index (χ1n) is 12.7. The molecule has 36 heavy (non-hydrogen) atoms. The average molecular weight is 492 g/mol. The third-order valence-electron chi connectivity index (χ3n) is 7.30. The second kappa shape index (κ2) is 10.6. The van der Waals surface area contributed by atoms with Crippen molar-refractivity contribution in [2.24, 2.45) is 13.0 Å². The van der Waals surface area contributed by atoms with Crippen molar-refractivity contribution in [2.75, 3.05) is 25.1 Å². The Kier molecular flexibility index (Phi) is 7.11. The van der Waals surface area contributed by atoms with E-state index in [0.29, 0.717) is 30.0 Å². The highest BCUT2D eigenvalue weighted by atomic mass is 16.5. The monoisotopic (exact) mass is 491 g/mol. The SMILES string of the molecule is CCc1nc(-c2nnn(C)c2COc2nccc(C3CCC3)n2)ccc1N1CC[C@@H](CC(=O)OC)C1. The average Bonchev–Trinajstić information content (AvgIpc) is 3.47. The van der Waals surface area contributed by atoms with Gasteiger partial charge in [-0.1, -0.05) is 18.6 Å². The standard InChI is InChI=1S/C26H33N7O3/c1-4-19-22(33-13-11-17(15-33)14-24(34)35-3)9-8-21(28-19)25-23(32(2)31-30-25)16-36-26-27-12-10-20(29-26)18-6-5-7-18/h8-10,12,17-18H,4-7,11,13-16H2,1-3H3/t17-/m0/s1. The first-order chi connectivity index (χ1) is 17.6. The zero-order valence-electron chi connectivity index (χ0n) is 21.2. The van der Waals surface area contributed by atoms with Crippen molar-refractivity contribution < 1.29 is 14.3 Å². The van der Waals surface area contributed by atoms with Crippen molar-refractivity contribution in [2.45, 2.75) is 58.0 Å². The minimum atomic E-state index is -0.149. The van der Waals surface area contributed by atoms with Gasteiger partial charge < -0.3 is 14.4 Å². The van der Waals surface area contributed by atoms with Crippen LogP contribution in [0, 0.1) is 5.92 Å². The van der Waals surface area contributed by atoms with Crippen LogP contribution in [0.2, 0.25) is 0 Å². The molecule has 10 nitrogen and oxygen atoms in total. The number of anilines is 1. The summed E-state index contributed by atoms with van der Waals surface area (Å²) in [6, 6.07) is 6.44. The van der Waals surface area contributed by atoms with E-state index in [9.17, 15) is 4.79 Å². The number of ether oxygens (including phenoxy) is 2. The van der Waals surface area contributed by atoms with Gasteiger partial charge in [0.05, 0.1) is 36.3 Å². The zero-order valence-corrected chi connectivity index (χ0v) is 21.2. The van der Waals surface area contributed by atoms with Gasteiger partial charge in [-0.05, 0) is 49.8 Å². The Morgan fingerprint density at radius 2 is 2.03 bits per heavy atom. The summed E-state index contributed by atoms with van der Waals surface area (Å²) in [6.45, 7) is 4.08. The first-order valence-corrected chi connectivity index (χ1v) is 12.7. The number of carbonyl (C=O) groups excluding carboxylic acids is 1. The van der Waals surface area contributed by atoms with E-state index in [4.69, 9.17) is 14.5 Å². The summed E-state index contributed by atoms with van der Waals surface area (Å²) >= 11 is 0. The summed E-state index contributed by atoms with van der Waals surface area (Å²) in [5.41, 5.74) is 5.43. The number of esters is 1. The molecule has 10 heteroatoms. The predicted octanol–water partition coefficient (Wildman–Crippen LogP) is 3.47. The van der Waals surface area contributed by atoms with Crippen molar-refractivity contribution in [1.29, 1.82) is 0 Å². The molecule has 2 aliphatic rings. The van der Waals surface area contributed by atoms with Gasteiger partial charge >= 0.3 is 12.0 Å². The van der Waals surface area contributed by atoms with E-state index in [0.717, 1.165) is 54.4 Å². The molecule has 0 spiro atoms. The van der Waals surface area contributed by atoms with Crippen LogP contribution >= 0.6 is 0 Å². The fraction of sp³-hybridized carbons (Fsp3) is 0.538. The topological polar surface area (TPSA) is 108 Å². The summed E-state index contributed by atoms with van der Waals surface area (Å²) in [7, 11) is 3.29. The van der Waals surface area contributed by atoms with Crippen LogP contribution in [0.15, 0.2) is 24.4 Å². The molecule has 2 fully saturated rings. The Morgan fingerprint density at radius 3 is 2.78 bits per heavy atom. The highest BCUT2D eigenvalue weighted by molar-refractivity contribution is 5.70. The second-order valence-electron chi connectivity index (χ2n) is 9.59. The lowest BCUT2D eigenvalue weighted by atomic mass is 9.83. The number of carbonyl (C=O) groups is 1. The molecular formula is C26H33N7O3. The molecule has 0 amide bonds. The Morgan fingerprint density at radius 1 is 1.17 bits per heavy atom. The smallest absolute Gasteiger partial charge is 0.316 e. The number of aryl methyl sites for hydroxylation is 2. The van der Waals surface area contributed by atoms with Crippen LogP contribution in [0.4, 0.5) is 5.69 Å². The van der Waals surface area contributed by atoms with Crippen molar-refractivity contribution in [3.63, 3.8) is 0 Å². The van der Waals surface area contributed by atoms with Gasteiger partial charge in [0, 0.05) is 32.3 Å². The summed E-state index contributed by atoms with van der Waals surface area (Å²) in [4.78, 5) is 27.9. The van der Waals surface area contributed by atoms with Gasteiger partial charge in [-0.3, -0.25) is 4.79 Å².